The van der Waals surface area contributed by atoms with E-state index in [0.29, 0.717) is 22.9 Å². The molecule has 0 aliphatic carbocycles. The second-order valence-electron chi connectivity index (χ2n) is 5.62. The molecule has 2 aromatic rings. The lowest BCUT2D eigenvalue weighted by Gasteiger charge is -2.34. The Hall–Kier alpha value is -1.86. The van der Waals surface area contributed by atoms with Crippen molar-refractivity contribution in [3.8, 4) is 10.6 Å². The van der Waals surface area contributed by atoms with Gasteiger partial charge in [0.05, 0.1) is 18.2 Å². The number of rotatable bonds is 4. The second kappa shape index (κ2) is 7.36. The molecule has 1 amide bonds. The Morgan fingerprint density at radius 2 is 2.08 bits per heavy atom. The molecule has 1 unspecified atom stereocenters. The maximum atomic E-state index is 13.0. The molecule has 1 aliphatic heterocycles. The highest BCUT2D eigenvalue weighted by Crippen LogP contribution is 2.30. The lowest BCUT2D eigenvalue weighted by Crippen LogP contribution is -2.47. The molecule has 126 valence electrons. The van der Waals surface area contributed by atoms with E-state index in [0.717, 1.165) is 16.3 Å². The number of benzene rings is 1. The minimum absolute atomic E-state index is 0.0118. The second-order valence-corrected chi connectivity index (χ2v) is 7.77. The maximum Gasteiger partial charge on any atom is 0.305 e. The number of hydrogen-bond donors (Lipinski definition) is 1. The number of thiazole rings is 1. The summed E-state index contributed by atoms with van der Waals surface area (Å²) >= 11 is 3.08. The number of carbonyl (C=O) groups excluding carboxylic acids is 1. The molecule has 0 bridgehead atoms. The standard InChI is InChI=1S/C17H18N2O3S2/c1-11-15(24-16(18-11)12-5-3-2-4-6-12)17(22)19-7-8-23-10-13(19)9-14(20)21/h2-6,13H,7-10H2,1H3,(H,20,21). The van der Waals surface area contributed by atoms with E-state index in [4.69, 9.17) is 5.11 Å². The zero-order valence-electron chi connectivity index (χ0n) is 13.3. The molecule has 1 N–H and O–H groups in total. The van der Waals surface area contributed by atoms with Gasteiger partial charge in [0.1, 0.15) is 9.88 Å². The van der Waals surface area contributed by atoms with Crippen LogP contribution in [0.4, 0.5) is 0 Å². The Morgan fingerprint density at radius 1 is 1.33 bits per heavy atom. The van der Waals surface area contributed by atoms with Gasteiger partial charge in [-0.2, -0.15) is 11.8 Å². The Labute approximate surface area is 148 Å². The highest BCUT2D eigenvalue weighted by Gasteiger charge is 2.31. The minimum Gasteiger partial charge on any atom is -0.481 e. The van der Waals surface area contributed by atoms with E-state index >= 15 is 0 Å². The molecule has 0 saturated carbocycles. The summed E-state index contributed by atoms with van der Waals surface area (Å²) in [4.78, 5) is 30.9. The fraction of sp³-hybridized carbons (Fsp3) is 0.353. The zero-order valence-corrected chi connectivity index (χ0v) is 14.9. The third kappa shape index (κ3) is 3.62. The molecule has 1 aromatic carbocycles. The third-order valence-corrected chi connectivity index (χ3v) is 6.20. The van der Waals surface area contributed by atoms with Gasteiger partial charge in [-0.25, -0.2) is 4.98 Å². The largest absolute Gasteiger partial charge is 0.481 e. The molecule has 1 atom stereocenters. The molecule has 1 aliphatic rings. The maximum absolute atomic E-state index is 13.0. The number of aliphatic carboxylic acids is 1. The topological polar surface area (TPSA) is 70.5 Å². The first-order valence-corrected chi connectivity index (χ1v) is 9.66. The van der Waals surface area contributed by atoms with Crippen LogP contribution in [0, 0.1) is 6.92 Å². The van der Waals surface area contributed by atoms with Crippen molar-refractivity contribution < 1.29 is 14.7 Å². The zero-order chi connectivity index (χ0) is 17.1. The summed E-state index contributed by atoms with van der Waals surface area (Å²) in [5, 5.41) is 9.90. The van der Waals surface area contributed by atoms with Crippen molar-refractivity contribution in [1.82, 2.24) is 9.88 Å². The van der Waals surface area contributed by atoms with Gasteiger partial charge in [-0.05, 0) is 6.92 Å². The van der Waals surface area contributed by atoms with E-state index in [1.54, 1.807) is 16.7 Å². The molecule has 1 aromatic heterocycles. The van der Waals surface area contributed by atoms with E-state index < -0.39 is 5.97 Å². The number of carboxylic acids is 1. The molecule has 5 nitrogen and oxygen atoms in total. The summed E-state index contributed by atoms with van der Waals surface area (Å²) in [6.07, 6.45) is -0.0118. The molecule has 7 heteroatoms. The highest BCUT2D eigenvalue weighted by molar-refractivity contribution is 7.99. The van der Waals surface area contributed by atoms with Crippen LogP contribution in [0.1, 0.15) is 21.8 Å². The fourth-order valence-electron chi connectivity index (χ4n) is 2.72. The number of amides is 1. The van der Waals surface area contributed by atoms with E-state index in [9.17, 15) is 9.59 Å². The summed E-state index contributed by atoms with van der Waals surface area (Å²) in [5.41, 5.74) is 1.69. The summed E-state index contributed by atoms with van der Waals surface area (Å²) < 4.78 is 0. The van der Waals surface area contributed by atoms with Gasteiger partial charge in [-0.3, -0.25) is 9.59 Å². The lowest BCUT2D eigenvalue weighted by molar-refractivity contribution is -0.138. The van der Waals surface area contributed by atoms with Gasteiger partial charge in [-0.1, -0.05) is 30.3 Å². The first-order valence-electron chi connectivity index (χ1n) is 7.69. The van der Waals surface area contributed by atoms with E-state index in [1.807, 2.05) is 37.3 Å². The van der Waals surface area contributed by atoms with Crippen molar-refractivity contribution in [3.05, 3.63) is 40.9 Å². The monoisotopic (exact) mass is 362 g/mol. The number of carboxylic acid groups (broad SMARTS) is 1. The lowest BCUT2D eigenvalue weighted by atomic mass is 10.2. The van der Waals surface area contributed by atoms with Crippen LogP contribution in [0.15, 0.2) is 30.3 Å². The first-order chi connectivity index (χ1) is 11.6. The van der Waals surface area contributed by atoms with Crippen LogP contribution < -0.4 is 0 Å². The van der Waals surface area contributed by atoms with Crippen LogP contribution in [0.3, 0.4) is 0 Å². The van der Waals surface area contributed by atoms with Crippen LogP contribution >= 0.6 is 23.1 Å². The number of carbonyl (C=O) groups is 2. The highest BCUT2D eigenvalue weighted by atomic mass is 32.2. The average Bonchev–Trinajstić information content (AvgIpc) is 2.97. The van der Waals surface area contributed by atoms with Crippen molar-refractivity contribution in [1.29, 1.82) is 0 Å². The third-order valence-electron chi connectivity index (χ3n) is 3.91. The van der Waals surface area contributed by atoms with Crippen LogP contribution in [0.5, 0.6) is 0 Å². The molecule has 1 saturated heterocycles. The Balaban J connectivity index is 1.86. The summed E-state index contributed by atoms with van der Waals surface area (Å²) in [5.74, 6) is 0.539. The van der Waals surface area contributed by atoms with Gasteiger partial charge in [0.15, 0.2) is 0 Å². The first kappa shape index (κ1) is 17.0. The van der Waals surface area contributed by atoms with Crippen molar-refractivity contribution in [2.45, 2.75) is 19.4 Å². The normalized spacial score (nSPS) is 17.7. The van der Waals surface area contributed by atoms with E-state index in [2.05, 4.69) is 4.98 Å². The Kier molecular flexibility index (Phi) is 5.20. The summed E-state index contributed by atoms with van der Waals surface area (Å²) in [6.45, 7) is 2.42. The van der Waals surface area contributed by atoms with Gasteiger partial charge in [-0.15, -0.1) is 11.3 Å². The summed E-state index contributed by atoms with van der Waals surface area (Å²) in [7, 11) is 0. The Bertz CT molecular complexity index is 746. The number of aromatic nitrogens is 1. The molecule has 0 radical (unpaired) electrons. The molecular weight excluding hydrogens is 344 g/mol. The van der Waals surface area contributed by atoms with Gasteiger partial charge in [0.2, 0.25) is 0 Å². The quantitative estimate of drug-likeness (QED) is 0.905. The van der Waals surface area contributed by atoms with Gasteiger partial charge in [0, 0.05) is 23.6 Å². The molecule has 2 heterocycles. The van der Waals surface area contributed by atoms with Crippen molar-refractivity contribution in [3.63, 3.8) is 0 Å². The SMILES string of the molecule is Cc1nc(-c2ccccc2)sc1C(=O)N1CCSCC1CC(=O)O. The Morgan fingerprint density at radius 3 is 2.79 bits per heavy atom. The van der Waals surface area contributed by atoms with Crippen molar-refractivity contribution in [2.75, 3.05) is 18.1 Å². The average molecular weight is 362 g/mol. The van der Waals surface area contributed by atoms with Gasteiger partial charge in [0.25, 0.3) is 5.91 Å². The van der Waals surface area contributed by atoms with Crippen molar-refractivity contribution in [2.24, 2.45) is 0 Å². The van der Waals surface area contributed by atoms with Crippen LogP contribution in [0.2, 0.25) is 0 Å². The van der Waals surface area contributed by atoms with Gasteiger partial charge < -0.3 is 10.0 Å². The molecule has 1 fully saturated rings. The number of aryl methyl sites for hydroxylation is 1. The fourth-order valence-corrected chi connectivity index (χ4v) is 4.81. The van der Waals surface area contributed by atoms with Crippen LogP contribution in [-0.4, -0.2) is 51.0 Å². The predicted molar refractivity (Wildman–Crippen MR) is 96.7 cm³/mol. The molecular formula is C17H18N2O3S2. The molecule has 0 spiro atoms. The predicted octanol–water partition coefficient (Wildman–Crippen LogP) is 3.15. The minimum atomic E-state index is -0.869. The summed E-state index contributed by atoms with van der Waals surface area (Å²) in [6, 6.07) is 9.51. The number of hydrogen-bond acceptors (Lipinski definition) is 5. The van der Waals surface area contributed by atoms with E-state index in [-0.39, 0.29) is 18.4 Å². The van der Waals surface area contributed by atoms with Crippen LogP contribution in [0.25, 0.3) is 10.6 Å². The van der Waals surface area contributed by atoms with Crippen molar-refractivity contribution >= 4 is 35.0 Å². The van der Waals surface area contributed by atoms with E-state index in [1.165, 1.54) is 11.3 Å². The number of nitrogens with zero attached hydrogens (tertiary/aromatic N) is 2. The van der Waals surface area contributed by atoms with Crippen LogP contribution in [-0.2, 0) is 4.79 Å². The smallest absolute Gasteiger partial charge is 0.305 e. The van der Waals surface area contributed by atoms with Gasteiger partial charge >= 0.3 is 5.97 Å². The number of thioether (sulfide) groups is 1. The molecule has 3 rings (SSSR count). The molecule has 24 heavy (non-hydrogen) atoms.